The summed E-state index contributed by atoms with van der Waals surface area (Å²) in [4.78, 5) is 15.5. The van der Waals surface area contributed by atoms with E-state index in [0.717, 1.165) is 17.7 Å². The van der Waals surface area contributed by atoms with Crippen LogP contribution in [0.2, 0.25) is 0 Å². The number of quaternary nitrogens is 1. The predicted molar refractivity (Wildman–Crippen MR) is 89.7 cm³/mol. The quantitative estimate of drug-likeness (QED) is 0.814. The molecule has 0 fully saturated rings. The zero-order valence-corrected chi connectivity index (χ0v) is 13.5. The molecule has 2 nitrogen and oxygen atoms in total. The smallest absolute Gasteiger partial charge is 0.196 e. The number of carbonyl (C=O) groups is 1. The lowest BCUT2D eigenvalue weighted by Gasteiger charge is -2.15. The molecule has 1 aliphatic heterocycles. The Morgan fingerprint density at radius 2 is 1.82 bits per heavy atom. The molecular formula is C19H18NOS+. The van der Waals surface area contributed by atoms with E-state index in [4.69, 9.17) is 0 Å². The van der Waals surface area contributed by atoms with Gasteiger partial charge in [-0.15, -0.1) is 0 Å². The molecule has 110 valence electrons. The maximum atomic E-state index is 12.9. The van der Waals surface area contributed by atoms with E-state index in [1.54, 1.807) is 11.8 Å². The molecule has 4 rings (SSSR count). The first-order chi connectivity index (χ1) is 10.7. The van der Waals surface area contributed by atoms with Crippen LogP contribution >= 0.6 is 11.8 Å². The van der Waals surface area contributed by atoms with Gasteiger partial charge in [-0.1, -0.05) is 43.3 Å². The average Bonchev–Trinajstić information content (AvgIpc) is 3.03. The van der Waals surface area contributed by atoms with Crippen molar-refractivity contribution in [2.75, 3.05) is 6.54 Å². The van der Waals surface area contributed by atoms with Gasteiger partial charge in [0.25, 0.3) is 0 Å². The highest BCUT2D eigenvalue weighted by Gasteiger charge is 2.41. The van der Waals surface area contributed by atoms with Crippen molar-refractivity contribution >= 4 is 23.2 Å². The molecule has 2 aromatic rings. The van der Waals surface area contributed by atoms with Gasteiger partial charge in [0.2, 0.25) is 0 Å². The van der Waals surface area contributed by atoms with E-state index >= 15 is 0 Å². The molecule has 0 amide bonds. The molecule has 3 heteroatoms. The lowest BCUT2D eigenvalue weighted by molar-refractivity contribution is -0.778. The summed E-state index contributed by atoms with van der Waals surface area (Å²) < 4.78 is 0. The van der Waals surface area contributed by atoms with Gasteiger partial charge in [0, 0.05) is 17.5 Å². The summed E-state index contributed by atoms with van der Waals surface area (Å²) in [5, 5.41) is 1.19. The van der Waals surface area contributed by atoms with Crippen LogP contribution in [0, 0.1) is 0 Å². The number of rotatable bonds is 1. The molecule has 0 aromatic heterocycles. The Morgan fingerprint density at radius 3 is 2.59 bits per heavy atom. The fraction of sp³-hybridized carbons (Fsp3) is 0.211. The van der Waals surface area contributed by atoms with Gasteiger partial charge in [-0.2, -0.15) is 0 Å². The van der Waals surface area contributed by atoms with Crippen LogP contribution in [0.1, 0.15) is 35.7 Å². The Bertz CT molecular complexity index is 809. The molecule has 2 aromatic carbocycles. The van der Waals surface area contributed by atoms with Crippen molar-refractivity contribution < 1.29 is 9.69 Å². The van der Waals surface area contributed by atoms with Gasteiger partial charge in [-0.05, 0) is 30.3 Å². The van der Waals surface area contributed by atoms with Gasteiger partial charge in [0.05, 0.1) is 17.0 Å². The van der Waals surface area contributed by atoms with Crippen molar-refractivity contribution in [2.24, 2.45) is 0 Å². The zero-order valence-electron chi connectivity index (χ0n) is 12.7. The van der Waals surface area contributed by atoms with E-state index in [1.165, 1.54) is 26.1 Å². The number of fused-ring (bicyclic) bond motifs is 2. The molecule has 0 saturated carbocycles. The van der Waals surface area contributed by atoms with Crippen molar-refractivity contribution in [2.45, 2.75) is 24.7 Å². The lowest BCUT2D eigenvalue weighted by Crippen LogP contribution is -3.03. The van der Waals surface area contributed by atoms with Gasteiger partial charge >= 0.3 is 0 Å². The SMILES string of the molecule is CC[NH+]1C(=C2C(=O)c3ccccc3C2C)Sc2ccccc21. The number of ketones is 1. The molecule has 2 unspecified atom stereocenters. The third-order valence-corrected chi connectivity index (χ3v) is 5.89. The Kier molecular flexibility index (Phi) is 3.21. The Labute approximate surface area is 134 Å². The summed E-state index contributed by atoms with van der Waals surface area (Å²) in [7, 11) is 0. The molecule has 22 heavy (non-hydrogen) atoms. The lowest BCUT2D eigenvalue weighted by atomic mass is 10.0. The normalized spacial score (nSPS) is 26.2. The number of carbonyl (C=O) groups excluding carboxylic acids is 1. The van der Waals surface area contributed by atoms with Crippen molar-refractivity contribution in [3.8, 4) is 0 Å². The van der Waals surface area contributed by atoms with Crippen LogP contribution < -0.4 is 4.90 Å². The molecule has 2 atom stereocenters. The van der Waals surface area contributed by atoms with Crippen LogP contribution in [-0.2, 0) is 0 Å². The highest BCUT2D eigenvalue weighted by Crippen LogP contribution is 2.44. The number of para-hydroxylation sites is 1. The monoisotopic (exact) mass is 308 g/mol. The summed E-state index contributed by atoms with van der Waals surface area (Å²) in [5.74, 6) is 0.395. The number of nitrogens with one attached hydrogen (secondary N) is 1. The second kappa shape index (κ2) is 5.11. The number of hydrogen-bond donors (Lipinski definition) is 1. The van der Waals surface area contributed by atoms with Crippen molar-refractivity contribution in [3.63, 3.8) is 0 Å². The van der Waals surface area contributed by atoms with Crippen LogP contribution in [0.3, 0.4) is 0 Å². The predicted octanol–water partition coefficient (Wildman–Crippen LogP) is 3.54. The molecule has 1 N–H and O–H groups in total. The molecule has 0 radical (unpaired) electrons. The Hall–Kier alpha value is -1.84. The van der Waals surface area contributed by atoms with E-state index in [-0.39, 0.29) is 11.7 Å². The number of thioether (sulfide) groups is 1. The Balaban J connectivity index is 1.89. The van der Waals surface area contributed by atoms with Gasteiger partial charge in [0.15, 0.2) is 16.5 Å². The van der Waals surface area contributed by atoms with E-state index in [0.29, 0.717) is 0 Å². The van der Waals surface area contributed by atoms with E-state index in [1.807, 2.05) is 18.2 Å². The van der Waals surface area contributed by atoms with Crippen LogP contribution in [0.5, 0.6) is 0 Å². The average molecular weight is 308 g/mol. The standard InChI is InChI=1S/C19H17NOS/c1-3-20-15-10-6-7-11-16(15)22-19(20)17-12(2)13-8-4-5-9-14(13)18(17)21/h4-12H,3H2,1-2H3/p+1. The van der Waals surface area contributed by atoms with E-state index in [2.05, 4.69) is 44.2 Å². The largest absolute Gasteiger partial charge is 0.289 e. The molecule has 0 spiro atoms. The maximum absolute atomic E-state index is 12.9. The summed E-state index contributed by atoms with van der Waals surface area (Å²) in [6.45, 7) is 5.29. The number of allylic oxidation sites excluding steroid dienone is 1. The topological polar surface area (TPSA) is 21.5 Å². The first-order valence-electron chi connectivity index (χ1n) is 7.73. The molecule has 0 bridgehead atoms. The first-order valence-corrected chi connectivity index (χ1v) is 8.55. The number of hydrogen-bond acceptors (Lipinski definition) is 2. The van der Waals surface area contributed by atoms with Gasteiger partial charge in [0.1, 0.15) is 0 Å². The summed E-state index contributed by atoms with van der Waals surface area (Å²) >= 11 is 1.77. The summed E-state index contributed by atoms with van der Waals surface area (Å²) in [6.07, 6.45) is 0. The third-order valence-electron chi connectivity index (χ3n) is 4.65. The third kappa shape index (κ3) is 1.82. The first kappa shape index (κ1) is 13.8. The zero-order chi connectivity index (χ0) is 15.3. The van der Waals surface area contributed by atoms with Gasteiger partial charge in [-0.3, -0.25) is 9.69 Å². The van der Waals surface area contributed by atoms with Gasteiger partial charge < -0.3 is 0 Å². The fourth-order valence-corrected chi connectivity index (χ4v) is 4.97. The van der Waals surface area contributed by atoms with Crippen LogP contribution in [-0.4, -0.2) is 12.3 Å². The molecule has 1 aliphatic carbocycles. The van der Waals surface area contributed by atoms with Crippen molar-refractivity contribution in [1.29, 1.82) is 0 Å². The maximum Gasteiger partial charge on any atom is 0.196 e. The molecule has 0 saturated heterocycles. The van der Waals surface area contributed by atoms with Crippen LogP contribution in [0.4, 0.5) is 5.69 Å². The summed E-state index contributed by atoms with van der Waals surface area (Å²) in [6, 6.07) is 16.5. The fourth-order valence-electron chi connectivity index (χ4n) is 3.55. The van der Waals surface area contributed by atoms with Crippen LogP contribution in [0.15, 0.2) is 64.0 Å². The van der Waals surface area contributed by atoms with E-state index in [9.17, 15) is 4.79 Å². The minimum Gasteiger partial charge on any atom is -0.289 e. The van der Waals surface area contributed by atoms with Crippen molar-refractivity contribution in [3.05, 3.63) is 70.3 Å². The second-order valence-electron chi connectivity index (χ2n) is 5.81. The second-order valence-corrected chi connectivity index (χ2v) is 6.86. The highest BCUT2D eigenvalue weighted by molar-refractivity contribution is 8.03. The number of benzene rings is 2. The molecule has 1 heterocycles. The summed E-state index contributed by atoms with van der Waals surface area (Å²) in [5.41, 5.74) is 4.33. The van der Waals surface area contributed by atoms with Gasteiger partial charge in [-0.25, -0.2) is 0 Å². The minimum absolute atomic E-state index is 0.182. The highest BCUT2D eigenvalue weighted by atomic mass is 32.2. The van der Waals surface area contributed by atoms with Crippen LogP contribution in [0.25, 0.3) is 0 Å². The molecular weight excluding hydrogens is 290 g/mol. The minimum atomic E-state index is 0.182. The Morgan fingerprint density at radius 1 is 1.09 bits per heavy atom. The number of Topliss-reactive ketones (excluding diaryl/α,β-unsaturated/α-hetero) is 1. The molecule has 2 aliphatic rings. The van der Waals surface area contributed by atoms with Crippen molar-refractivity contribution in [1.82, 2.24) is 0 Å². The van der Waals surface area contributed by atoms with E-state index < -0.39 is 0 Å².